The number of aromatic amines is 1. The smallest absolute Gasteiger partial charge is 0.251 e. The molecule has 6 nitrogen and oxygen atoms in total. The number of nitrogens with two attached hydrogens (primary N) is 1. The molecule has 0 spiro atoms. The van der Waals surface area contributed by atoms with Gasteiger partial charge in [-0.1, -0.05) is 0 Å². The fraction of sp³-hybridized carbons (Fsp3) is 0.308. The van der Waals surface area contributed by atoms with Crippen molar-refractivity contribution in [2.24, 2.45) is 0 Å². The molecule has 0 aliphatic heterocycles. The molecule has 2 rings (SSSR count). The Morgan fingerprint density at radius 2 is 2.30 bits per heavy atom. The molecule has 0 radical (unpaired) electrons. The van der Waals surface area contributed by atoms with Gasteiger partial charge in [-0.2, -0.15) is 5.10 Å². The molecule has 1 aromatic heterocycles. The van der Waals surface area contributed by atoms with E-state index in [1.54, 1.807) is 18.2 Å². The summed E-state index contributed by atoms with van der Waals surface area (Å²) in [7, 11) is 0. The van der Waals surface area contributed by atoms with Crippen LogP contribution in [0, 0.1) is 11.7 Å². The molecule has 0 aliphatic rings. The number of nitrogens with zero attached hydrogens (tertiary/aromatic N) is 2. The van der Waals surface area contributed by atoms with Crippen molar-refractivity contribution >= 4 is 23.8 Å². The largest absolute Gasteiger partial charge is 0.399 e. The van der Waals surface area contributed by atoms with E-state index in [0.717, 1.165) is 5.56 Å². The van der Waals surface area contributed by atoms with E-state index in [-0.39, 0.29) is 5.91 Å². The van der Waals surface area contributed by atoms with E-state index in [1.165, 1.54) is 0 Å². The fourth-order valence-corrected chi connectivity index (χ4v) is 2.17. The van der Waals surface area contributed by atoms with Crippen molar-refractivity contribution in [3.63, 3.8) is 0 Å². The predicted octanol–water partition coefficient (Wildman–Crippen LogP) is 1.78. The minimum atomic E-state index is -0.162. The van der Waals surface area contributed by atoms with Crippen LogP contribution in [0.4, 0.5) is 5.69 Å². The van der Waals surface area contributed by atoms with Gasteiger partial charge in [0, 0.05) is 17.8 Å². The summed E-state index contributed by atoms with van der Waals surface area (Å²) in [4.78, 5) is 12.1. The first-order valence-electron chi connectivity index (χ1n) is 6.31. The van der Waals surface area contributed by atoms with Crippen LogP contribution in [0.15, 0.2) is 18.2 Å². The molecule has 2 aromatic rings. The zero-order chi connectivity index (χ0) is 14.7. The van der Waals surface area contributed by atoms with Crippen molar-refractivity contribution in [3.8, 4) is 0 Å². The zero-order valence-corrected chi connectivity index (χ0v) is 12.3. The number of aryl methyl sites for hydroxylation is 1. The number of nitrogens with one attached hydrogen (secondary N) is 2. The molecule has 106 valence electrons. The highest BCUT2D eigenvalue weighted by Gasteiger charge is 2.09. The van der Waals surface area contributed by atoms with E-state index in [9.17, 15) is 4.79 Å². The van der Waals surface area contributed by atoms with Gasteiger partial charge in [-0.05, 0) is 49.8 Å². The van der Waals surface area contributed by atoms with Gasteiger partial charge < -0.3 is 15.6 Å². The Morgan fingerprint density at radius 1 is 1.55 bits per heavy atom. The Morgan fingerprint density at radius 3 is 2.95 bits per heavy atom. The van der Waals surface area contributed by atoms with Crippen LogP contribution in [-0.4, -0.2) is 20.7 Å². The lowest BCUT2D eigenvalue weighted by Crippen LogP contribution is -2.24. The van der Waals surface area contributed by atoms with Crippen LogP contribution in [0.3, 0.4) is 0 Å². The third kappa shape index (κ3) is 2.88. The van der Waals surface area contributed by atoms with E-state index >= 15 is 0 Å². The van der Waals surface area contributed by atoms with Gasteiger partial charge in [0.1, 0.15) is 0 Å². The standard InChI is InChI=1S/C13H17N5OS/c1-3-18-11(16-17-13(18)20)7-15-12(19)9-4-5-10(14)8(2)6-9/h4-6H,3,7,14H2,1-2H3,(H,15,19)(H,17,20). The summed E-state index contributed by atoms with van der Waals surface area (Å²) >= 11 is 5.10. The van der Waals surface area contributed by atoms with Gasteiger partial charge in [-0.25, -0.2) is 0 Å². The highest BCUT2D eigenvalue weighted by atomic mass is 32.1. The zero-order valence-electron chi connectivity index (χ0n) is 11.4. The quantitative estimate of drug-likeness (QED) is 0.592. The molecule has 0 atom stereocenters. The van der Waals surface area contributed by atoms with Crippen LogP contribution in [0.1, 0.15) is 28.7 Å². The Labute approximate surface area is 122 Å². The van der Waals surface area contributed by atoms with Gasteiger partial charge in [0.2, 0.25) is 0 Å². The number of nitrogen functional groups attached to an aromatic ring is 1. The number of amides is 1. The molecule has 0 fully saturated rings. The Kier molecular flexibility index (Phi) is 4.19. The summed E-state index contributed by atoms with van der Waals surface area (Å²) in [6.45, 7) is 4.87. The van der Waals surface area contributed by atoms with Crippen molar-refractivity contribution in [1.82, 2.24) is 20.1 Å². The highest BCUT2D eigenvalue weighted by molar-refractivity contribution is 7.71. The summed E-state index contributed by atoms with van der Waals surface area (Å²) < 4.78 is 2.39. The van der Waals surface area contributed by atoms with Gasteiger partial charge in [-0.15, -0.1) is 0 Å². The maximum atomic E-state index is 12.1. The van der Waals surface area contributed by atoms with E-state index in [2.05, 4.69) is 15.5 Å². The fourth-order valence-electron chi connectivity index (χ4n) is 1.89. The summed E-state index contributed by atoms with van der Waals surface area (Å²) in [5, 5.41) is 9.63. The molecule has 0 aliphatic carbocycles. The van der Waals surface area contributed by atoms with E-state index < -0.39 is 0 Å². The first kappa shape index (κ1) is 14.3. The predicted molar refractivity (Wildman–Crippen MR) is 79.8 cm³/mol. The van der Waals surface area contributed by atoms with Crippen molar-refractivity contribution < 1.29 is 4.79 Å². The van der Waals surface area contributed by atoms with Crippen molar-refractivity contribution in [3.05, 3.63) is 39.9 Å². The Bertz CT molecular complexity index is 688. The Hall–Kier alpha value is -2.15. The average Bonchev–Trinajstić information content (AvgIpc) is 2.79. The molecular formula is C13H17N5OS. The van der Waals surface area contributed by atoms with Crippen molar-refractivity contribution in [1.29, 1.82) is 0 Å². The third-order valence-electron chi connectivity index (χ3n) is 3.09. The molecule has 7 heteroatoms. The van der Waals surface area contributed by atoms with E-state index in [0.29, 0.717) is 34.9 Å². The second-order valence-electron chi connectivity index (χ2n) is 4.44. The van der Waals surface area contributed by atoms with Crippen molar-refractivity contribution in [2.75, 3.05) is 5.73 Å². The van der Waals surface area contributed by atoms with Gasteiger partial charge in [0.15, 0.2) is 10.6 Å². The first-order chi connectivity index (χ1) is 9.52. The van der Waals surface area contributed by atoms with Crippen LogP contribution in [0.2, 0.25) is 0 Å². The van der Waals surface area contributed by atoms with E-state index in [4.69, 9.17) is 18.0 Å². The normalized spacial score (nSPS) is 10.5. The molecule has 0 saturated heterocycles. The van der Waals surface area contributed by atoms with Crippen LogP contribution >= 0.6 is 12.2 Å². The molecule has 0 saturated carbocycles. The molecular weight excluding hydrogens is 274 g/mol. The molecule has 1 heterocycles. The Balaban J connectivity index is 2.08. The number of hydrogen-bond acceptors (Lipinski definition) is 4. The molecule has 1 amide bonds. The number of H-pyrrole nitrogens is 1. The van der Waals surface area contributed by atoms with Gasteiger partial charge in [0.25, 0.3) is 5.91 Å². The summed E-state index contributed by atoms with van der Waals surface area (Å²) in [5.41, 5.74) is 7.87. The summed E-state index contributed by atoms with van der Waals surface area (Å²) in [6, 6.07) is 5.20. The highest BCUT2D eigenvalue weighted by Crippen LogP contribution is 2.12. The number of rotatable bonds is 4. The SMILES string of the molecule is CCn1c(CNC(=O)c2ccc(N)c(C)c2)n[nH]c1=S. The second-order valence-corrected chi connectivity index (χ2v) is 4.83. The summed E-state index contributed by atoms with van der Waals surface area (Å²) in [5.74, 6) is 0.544. The number of benzene rings is 1. The minimum absolute atomic E-state index is 0.162. The maximum absolute atomic E-state index is 12.1. The van der Waals surface area contributed by atoms with Crippen LogP contribution in [0.5, 0.6) is 0 Å². The number of aromatic nitrogens is 3. The van der Waals surface area contributed by atoms with Crippen LogP contribution < -0.4 is 11.1 Å². The average molecular weight is 291 g/mol. The van der Waals surface area contributed by atoms with Gasteiger partial charge in [-0.3, -0.25) is 9.89 Å². The molecule has 4 N–H and O–H groups in total. The molecule has 1 aromatic carbocycles. The number of carbonyl (C=O) groups excluding carboxylic acids is 1. The van der Waals surface area contributed by atoms with Crippen molar-refractivity contribution in [2.45, 2.75) is 26.9 Å². The monoisotopic (exact) mass is 291 g/mol. The third-order valence-corrected chi connectivity index (χ3v) is 3.40. The molecule has 0 bridgehead atoms. The molecule has 20 heavy (non-hydrogen) atoms. The lowest BCUT2D eigenvalue weighted by molar-refractivity contribution is 0.0949. The maximum Gasteiger partial charge on any atom is 0.251 e. The van der Waals surface area contributed by atoms with E-state index in [1.807, 2.05) is 18.4 Å². The summed E-state index contributed by atoms with van der Waals surface area (Å²) in [6.07, 6.45) is 0. The molecule has 0 unspecified atom stereocenters. The number of anilines is 1. The lowest BCUT2D eigenvalue weighted by Gasteiger charge is -2.07. The van der Waals surface area contributed by atoms with Gasteiger partial charge in [0.05, 0.1) is 6.54 Å². The topological polar surface area (TPSA) is 88.7 Å². The van der Waals surface area contributed by atoms with Crippen LogP contribution in [0.25, 0.3) is 0 Å². The minimum Gasteiger partial charge on any atom is -0.399 e. The second kappa shape index (κ2) is 5.87. The van der Waals surface area contributed by atoms with Gasteiger partial charge >= 0.3 is 0 Å². The number of hydrogen-bond donors (Lipinski definition) is 3. The first-order valence-corrected chi connectivity index (χ1v) is 6.72. The number of carbonyl (C=O) groups is 1. The lowest BCUT2D eigenvalue weighted by atomic mass is 10.1. The van der Waals surface area contributed by atoms with Crippen LogP contribution in [-0.2, 0) is 13.1 Å².